The van der Waals surface area contributed by atoms with E-state index >= 15 is 0 Å². The van der Waals surface area contributed by atoms with Crippen LogP contribution in [0.4, 0.5) is 13.2 Å². The van der Waals surface area contributed by atoms with E-state index in [1.165, 1.54) is 17.4 Å². The molecule has 0 saturated carbocycles. The van der Waals surface area contributed by atoms with Crippen LogP contribution in [0.3, 0.4) is 0 Å². The summed E-state index contributed by atoms with van der Waals surface area (Å²) in [5.41, 5.74) is 13.6. The van der Waals surface area contributed by atoms with Crippen molar-refractivity contribution in [1.82, 2.24) is 9.78 Å². The fourth-order valence-corrected chi connectivity index (χ4v) is 5.22. The van der Waals surface area contributed by atoms with Gasteiger partial charge in [-0.1, -0.05) is 18.2 Å². The van der Waals surface area contributed by atoms with Crippen molar-refractivity contribution >= 4 is 33.2 Å². The van der Waals surface area contributed by atoms with Gasteiger partial charge in [0.1, 0.15) is 0 Å². The summed E-state index contributed by atoms with van der Waals surface area (Å²) in [6.07, 6.45) is -2.56. The Labute approximate surface area is 184 Å². The number of nitrogens with two attached hydrogens (primary N) is 2. The van der Waals surface area contributed by atoms with Crippen molar-refractivity contribution < 1.29 is 18.0 Å². The molecule has 2 heterocycles. The standard InChI is InChI=1S/C20H20BrF3N4OS/c1-10-15(17-14(21)9-27-28(17)2)16(18(30-10)19(26)29)12(8-25)6-11-4-3-5-13(7-11)20(22,23)24/h3-5,7,9,12H,6,8,25H2,1-2H3,(H2,26,29)/t12-/m1/s1. The van der Waals surface area contributed by atoms with Crippen molar-refractivity contribution in [2.75, 3.05) is 6.54 Å². The molecule has 30 heavy (non-hydrogen) atoms. The molecule has 160 valence electrons. The van der Waals surface area contributed by atoms with Crippen molar-refractivity contribution in [3.05, 3.63) is 61.4 Å². The second kappa shape index (κ2) is 8.52. The Morgan fingerprint density at radius 3 is 2.60 bits per heavy atom. The molecule has 0 aliphatic rings. The van der Waals surface area contributed by atoms with E-state index in [1.54, 1.807) is 24.0 Å². The van der Waals surface area contributed by atoms with Gasteiger partial charge in [0.15, 0.2) is 0 Å². The molecule has 1 atom stereocenters. The highest BCUT2D eigenvalue weighted by Gasteiger charge is 2.32. The molecule has 0 aliphatic carbocycles. The molecule has 2 aromatic heterocycles. The summed E-state index contributed by atoms with van der Waals surface area (Å²) in [6.45, 7) is 2.00. The third-order valence-electron chi connectivity index (χ3n) is 4.91. The van der Waals surface area contributed by atoms with Crippen LogP contribution in [0.15, 0.2) is 34.9 Å². The van der Waals surface area contributed by atoms with Crippen LogP contribution in [0.25, 0.3) is 11.3 Å². The van der Waals surface area contributed by atoms with Gasteiger partial charge in [-0.3, -0.25) is 9.48 Å². The number of benzene rings is 1. The van der Waals surface area contributed by atoms with E-state index in [0.717, 1.165) is 32.7 Å². The average molecular weight is 501 g/mol. The number of primary amides is 1. The minimum Gasteiger partial charge on any atom is -0.365 e. The number of rotatable bonds is 6. The summed E-state index contributed by atoms with van der Waals surface area (Å²) in [6, 6.07) is 5.15. The molecule has 1 amide bonds. The minimum atomic E-state index is -4.43. The lowest BCUT2D eigenvalue weighted by Gasteiger charge is -2.19. The number of carbonyl (C=O) groups excluding carboxylic acids is 1. The molecule has 10 heteroatoms. The molecule has 4 N–H and O–H groups in total. The topological polar surface area (TPSA) is 86.9 Å². The van der Waals surface area contributed by atoms with Crippen LogP contribution in [0.1, 0.15) is 37.2 Å². The molecule has 0 radical (unpaired) electrons. The first-order chi connectivity index (χ1) is 14.0. The first-order valence-electron chi connectivity index (χ1n) is 9.01. The Morgan fingerprint density at radius 2 is 2.07 bits per heavy atom. The van der Waals surface area contributed by atoms with E-state index in [4.69, 9.17) is 11.5 Å². The van der Waals surface area contributed by atoms with Crippen molar-refractivity contribution in [1.29, 1.82) is 0 Å². The van der Waals surface area contributed by atoms with Gasteiger partial charge >= 0.3 is 6.18 Å². The van der Waals surface area contributed by atoms with Gasteiger partial charge in [-0.25, -0.2) is 0 Å². The van der Waals surface area contributed by atoms with E-state index in [9.17, 15) is 18.0 Å². The zero-order valence-electron chi connectivity index (χ0n) is 16.3. The molecule has 3 rings (SSSR count). The van der Waals surface area contributed by atoms with Gasteiger partial charge in [0, 0.05) is 23.4 Å². The van der Waals surface area contributed by atoms with Crippen LogP contribution in [0, 0.1) is 6.92 Å². The summed E-state index contributed by atoms with van der Waals surface area (Å²) in [7, 11) is 1.77. The second-order valence-corrected chi connectivity index (χ2v) is 9.02. The van der Waals surface area contributed by atoms with Crippen molar-refractivity contribution in [2.24, 2.45) is 18.5 Å². The lowest BCUT2D eigenvalue weighted by Crippen LogP contribution is -2.20. The second-order valence-electron chi connectivity index (χ2n) is 6.94. The highest BCUT2D eigenvalue weighted by molar-refractivity contribution is 9.10. The molecule has 1 aromatic carbocycles. The van der Waals surface area contributed by atoms with Gasteiger partial charge in [0.25, 0.3) is 5.91 Å². The van der Waals surface area contributed by atoms with Crippen LogP contribution >= 0.6 is 27.3 Å². The number of halogens is 4. The maximum atomic E-state index is 13.1. The first kappa shape index (κ1) is 22.5. The molecular weight excluding hydrogens is 481 g/mol. The van der Waals surface area contributed by atoms with Crippen molar-refractivity contribution in [3.63, 3.8) is 0 Å². The largest absolute Gasteiger partial charge is 0.416 e. The fourth-order valence-electron chi connectivity index (χ4n) is 3.58. The molecule has 0 bridgehead atoms. The number of aromatic nitrogens is 2. The van der Waals surface area contributed by atoms with Gasteiger partial charge in [-0.05, 0) is 53.0 Å². The van der Waals surface area contributed by atoms with Crippen LogP contribution in [0.2, 0.25) is 0 Å². The summed E-state index contributed by atoms with van der Waals surface area (Å²) in [5, 5.41) is 4.24. The molecule has 0 saturated heterocycles. The molecular formula is C20H20BrF3N4OS. The molecule has 0 unspecified atom stereocenters. The van der Waals surface area contributed by atoms with Gasteiger partial charge in [-0.15, -0.1) is 11.3 Å². The molecule has 0 aliphatic heterocycles. The van der Waals surface area contributed by atoms with E-state index in [-0.39, 0.29) is 13.0 Å². The molecule has 0 spiro atoms. The van der Waals surface area contributed by atoms with Gasteiger partial charge in [0.2, 0.25) is 0 Å². The number of aryl methyl sites for hydroxylation is 2. The Bertz CT molecular complexity index is 1070. The number of amides is 1. The number of alkyl halides is 3. The quantitative estimate of drug-likeness (QED) is 0.517. The SMILES string of the molecule is Cc1sc(C(N)=O)c([C@@H](CN)Cc2cccc(C(F)(F)F)c2)c1-c1c(Br)cnn1C. The number of hydrogen-bond donors (Lipinski definition) is 2. The fraction of sp³-hybridized carbons (Fsp3) is 0.300. The van der Waals surface area contributed by atoms with E-state index < -0.39 is 23.6 Å². The predicted molar refractivity (Wildman–Crippen MR) is 114 cm³/mol. The Balaban J connectivity index is 2.14. The van der Waals surface area contributed by atoms with E-state index in [0.29, 0.717) is 16.0 Å². The minimum absolute atomic E-state index is 0.134. The Kier molecular flexibility index (Phi) is 6.40. The number of nitrogens with zero attached hydrogens (tertiary/aromatic N) is 2. The van der Waals surface area contributed by atoms with Gasteiger partial charge < -0.3 is 11.5 Å². The van der Waals surface area contributed by atoms with Crippen LogP contribution in [-0.2, 0) is 19.6 Å². The van der Waals surface area contributed by atoms with Crippen LogP contribution in [-0.4, -0.2) is 22.2 Å². The number of hydrogen-bond acceptors (Lipinski definition) is 4. The lowest BCUT2D eigenvalue weighted by atomic mass is 9.87. The zero-order chi connectivity index (χ0) is 22.2. The Morgan fingerprint density at radius 1 is 1.37 bits per heavy atom. The third-order valence-corrected chi connectivity index (χ3v) is 6.62. The lowest BCUT2D eigenvalue weighted by molar-refractivity contribution is -0.137. The normalized spacial score (nSPS) is 12.9. The molecule has 0 fully saturated rings. The molecule has 5 nitrogen and oxygen atoms in total. The predicted octanol–water partition coefficient (Wildman–Crippen LogP) is 4.62. The number of carbonyl (C=O) groups is 1. The highest BCUT2D eigenvalue weighted by Crippen LogP contribution is 2.43. The van der Waals surface area contributed by atoms with Crippen LogP contribution in [0.5, 0.6) is 0 Å². The summed E-state index contributed by atoms with van der Waals surface area (Å²) >= 11 is 4.74. The molecule has 3 aromatic rings. The number of thiophene rings is 1. The monoisotopic (exact) mass is 500 g/mol. The summed E-state index contributed by atoms with van der Waals surface area (Å²) < 4.78 is 41.8. The maximum absolute atomic E-state index is 13.1. The summed E-state index contributed by atoms with van der Waals surface area (Å²) in [4.78, 5) is 13.4. The highest BCUT2D eigenvalue weighted by atomic mass is 79.9. The van der Waals surface area contributed by atoms with Gasteiger partial charge in [0.05, 0.1) is 26.8 Å². The van der Waals surface area contributed by atoms with Crippen LogP contribution < -0.4 is 11.5 Å². The first-order valence-corrected chi connectivity index (χ1v) is 10.6. The zero-order valence-corrected chi connectivity index (χ0v) is 18.7. The average Bonchev–Trinajstić information content (AvgIpc) is 3.18. The maximum Gasteiger partial charge on any atom is 0.416 e. The smallest absolute Gasteiger partial charge is 0.365 e. The van der Waals surface area contributed by atoms with E-state index in [1.807, 2.05) is 6.92 Å². The van der Waals surface area contributed by atoms with Gasteiger partial charge in [-0.2, -0.15) is 18.3 Å². The summed E-state index contributed by atoms with van der Waals surface area (Å²) in [5.74, 6) is -0.997. The van der Waals surface area contributed by atoms with Crippen molar-refractivity contribution in [3.8, 4) is 11.3 Å². The van der Waals surface area contributed by atoms with Crippen molar-refractivity contribution in [2.45, 2.75) is 25.4 Å². The Hall–Kier alpha value is -2.17. The third kappa shape index (κ3) is 4.30. The van der Waals surface area contributed by atoms with E-state index in [2.05, 4.69) is 21.0 Å².